The highest BCUT2D eigenvalue weighted by atomic mass is 16.5. The van der Waals surface area contributed by atoms with Crippen LogP contribution in [0.4, 0.5) is 0 Å². The van der Waals surface area contributed by atoms with Crippen molar-refractivity contribution in [3.63, 3.8) is 0 Å². The van der Waals surface area contributed by atoms with Gasteiger partial charge in [-0.05, 0) is 51.1 Å². The molecule has 1 N–H and O–H groups in total. The van der Waals surface area contributed by atoms with Gasteiger partial charge in [0.1, 0.15) is 5.75 Å². The average Bonchev–Trinajstić information content (AvgIpc) is 3.05. The van der Waals surface area contributed by atoms with Gasteiger partial charge in [0.05, 0.1) is 22.5 Å². The van der Waals surface area contributed by atoms with Crippen molar-refractivity contribution in [1.82, 2.24) is 14.7 Å². The first-order valence-electron chi connectivity index (χ1n) is 10.4. The van der Waals surface area contributed by atoms with Crippen LogP contribution in [0.2, 0.25) is 0 Å². The van der Waals surface area contributed by atoms with Crippen molar-refractivity contribution in [2.45, 2.75) is 39.3 Å². The van der Waals surface area contributed by atoms with Gasteiger partial charge in [-0.15, -0.1) is 6.58 Å². The molecular formula is C25H31N3O2. The quantitative estimate of drug-likeness (QED) is 0.476. The zero-order valence-corrected chi connectivity index (χ0v) is 18.1. The zero-order valence-electron chi connectivity index (χ0n) is 18.1. The number of para-hydroxylation sites is 2. The Hall–Kier alpha value is -2.89. The van der Waals surface area contributed by atoms with E-state index >= 15 is 0 Å². The summed E-state index contributed by atoms with van der Waals surface area (Å²) in [6, 6.07) is 19.7. The molecule has 0 aliphatic carbocycles. The van der Waals surface area contributed by atoms with E-state index in [0.29, 0.717) is 19.0 Å². The lowest BCUT2D eigenvalue weighted by atomic mass is 10.1. The Morgan fingerprint density at radius 2 is 1.77 bits per heavy atom. The lowest BCUT2D eigenvalue weighted by Crippen LogP contribution is -2.39. The first kappa shape index (κ1) is 21.8. The van der Waals surface area contributed by atoms with Gasteiger partial charge >= 0.3 is 0 Å². The fourth-order valence-electron chi connectivity index (χ4n) is 3.44. The first-order chi connectivity index (χ1) is 14.4. The van der Waals surface area contributed by atoms with E-state index < -0.39 is 5.60 Å². The lowest BCUT2D eigenvalue weighted by molar-refractivity contribution is 0.0584. The zero-order chi connectivity index (χ0) is 21.6. The number of hydrogen-bond donors (Lipinski definition) is 1. The van der Waals surface area contributed by atoms with Gasteiger partial charge in [0.2, 0.25) is 5.88 Å². The number of hydrogen-bond acceptors (Lipinski definition) is 4. The first-order valence-corrected chi connectivity index (χ1v) is 10.4. The van der Waals surface area contributed by atoms with E-state index in [-0.39, 0.29) is 0 Å². The van der Waals surface area contributed by atoms with E-state index in [1.807, 2.05) is 72.3 Å². The fraction of sp³-hybridized carbons (Fsp3) is 0.320. The number of rotatable bonds is 10. The Balaban J connectivity index is 2.01. The maximum Gasteiger partial charge on any atom is 0.227 e. The highest BCUT2D eigenvalue weighted by Gasteiger charge is 2.25. The molecule has 1 heterocycles. The fourth-order valence-corrected chi connectivity index (χ4v) is 3.44. The summed E-state index contributed by atoms with van der Waals surface area (Å²) in [6.07, 6.45) is 2.57. The number of aromatic nitrogens is 2. The summed E-state index contributed by atoms with van der Waals surface area (Å²) >= 11 is 0. The molecule has 0 bridgehead atoms. The Morgan fingerprint density at radius 1 is 1.13 bits per heavy atom. The van der Waals surface area contributed by atoms with Crippen LogP contribution in [0.15, 0.2) is 73.3 Å². The van der Waals surface area contributed by atoms with Crippen molar-refractivity contribution < 1.29 is 9.84 Å². The molecule has 158 valence electrons. The van der Waals surface area contributed by atoms with Crippen LogP contribution in [-0.2, 0) is 6.54 Å². The summed E-state index contributed by atoms with van der Waals surface area (Å²) in [5.74, 6) is 1.46. The predicted octanol–water partition coefficient (Wildman–Crippen LogP) is 5.12. The summed E-state index contributed by atoms with van der Waals surface area (Å²) in [6.45, 7) is 11.7. The van der Waals surface area contributed by atoms with Gasteiger partial charge in [-0.1, -0.05) is 49.4 Å². The Bertz CT molecular complexity index is 949. The molecule has 3 rings (SSSR count). The summed E-state index contributed by atoms with van der Waals surface area (Å²) in [7, 11) is 0. The van der Waals surface area contributed by atoms with Crippen molar-refractivity contribution in [2.75, 3.05) is 13.1 Å². The highest BCUT2D eigenvalue weighted by molar-refractivity contribution is 5.43. The maximum absolute atomic E-state index is 10.5. The second-order valence-corrected chi connectivity index (χ2v) is 7.80. The van der Waals surface area contributed by atoms with Gasteiger partial charge in [-0.25, -0.2) is 4.68 Å². The third kappa shape index (κ3) is 5.38. The van der Waals surface area contributed by atoms with Crippen LogP contribution in [0.25, 0.3) is 5.69 Å². The van der Waals surface area contributed by atoms with Crippen molar-refractivity contribution in [3.05, 3.63) is 84.6 Å². The van der Waals surface area contributed by atoms with Crippen LogP contribution < -0.4 is 4.74 Å². The molecule has 30 heavy (non-hydrogen) atoms. The molecule has 2 aromatic carbocycles. The predicted molar refractivity (Wildman–Crippen MR) is 121 cm³/mol. The topological polar surface area (TPSA) is 50.5 Å². The van der Waals surface area contributed by atoms with Crippen LogP contribution in [0.3, 0.4) is 0 Å². The Morgan fingerprint density at radius 3 is 2.37 bits per heavy atom. The molecule has 0 saturated heterocycles. The second kappa shape index (κ2) is 9.74. The SMILES string of the molecule is C=CC(C)(O)CN(CCC)Cc1c(C)nn(-c2ccccc2)c1Oc1ccccc1. The number of aryl methyl sites for hydroxylation is 1. The van der Waals surface area contributed by atoms with Crippen molar-refractivity contribution in [2.24, 2.45) is 0 Å². The van der Waals surface area contributed by atoms with Crippen LogP contribution in [0.1, 0.15) is 31.5 Å². The van der Waals surface area contributed by atoms with E-state index in [1.165, 1.54) is 0 Å². The van der Waals surface area contributed by atoms with Gasteiger partial charge in [0, 0.05) is 13.1 Å². The molecule has 0 amide bonds. The van der Waals surface area contributed by atoms with E-state index in [1.54, 1.807) is 13.0 Å². The summed E-state index contributed by atoms with van der Waals surface area (Å²) < 4.78 is 8.20. The van der Waals surface area contributed by atoms with Gasteiger partial charge < -0.3 is 9.84 Å². The number of aliphatic hydroxyl groups is 1. The second-order valence-electron chi connectivity index (χ2n) is 7.80. The average molecular weight is 406 g/mol. The molecule has 5 heteroatoms. The minimum atomic E-state index is -0.959. The van der Waals surface area contributed by atoms with E-state index in [2.05, 4.69) is 18.4 Å². The minimum Gasteiger partial charge on any atom is -0.439 e. The van der Waals surface area contributed by atoms with Gasteiger partial charge in [0.15, 0.2) is 0 Å². The summed E-state index contributed by atoms with van der Waals surface area (Å²) in [5, 5.41) is 15.3. The van der Waals surface area contributed by atoms with Crippen LogP contribution in [0.5, 0.6) is 11.6 Å². The van der Waals surface area contributed by atoms with Crippen LogP contribution in [-0.4, -0.2) is 38.5 Å². The summed E-state index contributed by atoms with van der Waals surface area (Å²) in [4.78, 5) is 2.22. The third-order valence-electron chi connectivity index (χ3n) is 5.00. The minimum absolute atomic E-state index is 0.491. The molecule has 0 saturated carbocycles. The molecule has 5 nitrogen and oxygen atoms in total. The van der Waals surface area contributed by atoms with Crippen molar-refractivity contribution in [3.8, 4) is 17.3 Å². The van der Waals surface area contributed by atoms with Gasteiger partial charge in [-0.3, -0.25) is 4.90 Å². The van der Waals surface area contributed by atoms with E-state index in [4.69, 9.17) is 9.84 Å². The number of benzene rings is 2. The molecule has 1 aromatic heterocycles. The summed E-state index contributed by atoms with van der Waals surface area (Å²) in [5.41, 5.74) is 1.90. The van der Waals surface area contributed by atoms with Crippen LogP contribution in [0, 0.1) is 6.92 Å². The molecule has 0 aliphatic rings. The van der Waals surface area contributed by atoms with Gasteiger partial charge in [0.25, 0.3) is 0 Å². The van der Waals surface area contributed by atoms with Crippen molar-refractivity contribution >= 4 is 0 Å². The molecule has 0 radical (unpaired) electrons. The lowest BCUT2D eigenvalue weighted by Gasteiger charge is -2.29. The van der Waals surface area contributed by atoms with Crippen LogP contribution >= 0.6 is 0 Å². The molecule has 0 spiro atoms. The monoisotopic (exact) mass is 405 g/mol. The maximum atomic E-state index is 10.5. The molecule has 3 aromatic rings. The van der Waals surface area contributed by atoms with E-state index in [0.717, 1.165) is 35.7 Å². The Labute approximate surface area is 179 Å². The highest BCUT2D eigenvalue weighted by Crippen LogP contribution is 2.32. The molecule has 0 fully saturated rings. The third-order valence-corrected chi connectivity index (χ3v) is 5.00. The largest absolute Gasteiger partial charge is 0.439 e. The van der Waals surface area contributed by atoms with E-state index in [9.17, 15) is 5.11 Å². The Kier molecular flexibility index (Phi) is 7.08. The number of nitrogens with zero attached hydrogens (tertiary/aromatic N) is 3. The smallest absolute Gasteiger partial charge is 0.227 e. The molecule has 1 atom stereocenters. The van der Waals surface area contributed by atoms with Crippen molar-refractivity contribution in [1.29, 1.82) is 0 Å². The van der Waals surface area contributed by atoms with Gasteiger partial charge in [-0.2, -0.15) is 5.10 Å². The molecule has 1 unspecified atom stereocenters. The molecular weight excluding hydrogens is 374 g/mol. The molecule has 0 aliphatic heterocycles. The number of ether oxygens (including phenoxy) is 1. The standard InChI is InChI=1S/C25H31N3O2/c1-5-17-27(19-25(4,29)6-2)18-23-20(3)26-28(21-13-9-7-10-14-21)24(23)30-22-15-11-8-12-16-22/h6-16,29H,2,5,17-19H2,1,3-4H3. The normalized spacial score (nSPS) is 13.2.